The minimum Gasteiger partial charge on any atom is -0.481 e. The quantitative estimate of drug-likeness (QED) is 0.937. The van der Waals surface area contributed by atoms with Crippen LogP contribution < -0.4 is 0 Å². The van der Waals surface area contributed by atoms with Crippen molar-refractivity contribution in [3.05, 3.63) is 28.7 Å². The van der Waals surface area contributed by atoms with Crippen LogP contribution in [0.2, 0.25) is 0 Å². The van der Waals surface area contributed by atoms with Gasteiger partial charge in [0.15, 0.2) is 11.6 Å². The first-order valence-corrected chi connectivity index (χ1v) is 5.35. The number of imidazole rings is 1. The number of carbonyl (C=O) groups is 1. The molecule has 0 aliphatic rings. The lowest BCUT2D eigenvalue weighted by molar-refractivity contribution is -0.136. The number of aromatic nitrogens is 2. The summed E-state index contributed by atoms with van der Waals surface area (Å²) in [6.07, 6.45) is 1.47. The summed E-state index contributed by atoms with van der Waals surface area (Å²) in [5, 5.41) is 8.77. The van der Waals surface area contributed by atoms with Gasteiger partial charge in [0.1, 0.15) is 4.60 Å². The first kappa shape index (κ1) is 10.9. The van der Waals surface area contributed by atoms with Crippen molar-refractivity contribution >= 4 is 21.9 Å². The Hall–Kier alpha value is -1.56. The number of hydrogen-bond acceptors (Lipinski definition) is 3. The van der Waals surface area contributed by atoms with Crippen molar-refractivity contribution in [1.82, 2.24) is 9.55 Å². The maximum absolute atomic E-state index is 10.7. The lowest BCUT2D eigenvalue weighted by atomic mass is 10.3. The van der Waals surface area contributed by atoms with E-state index in [2.05, 4.69) is 20.9 Å². The van der Waals surface area contributed by atoms with Gasteiger partial charge in [0, 0.05) is 7.05 Å². The molecule has 0 saturated heterocycles. The molecule has 0 radical (unpaired) electrons. The molecule has 0 atom stereocenters. The lowest BCUT2D eigenvalue weighted by Crippen LogP contribution is -2.06. The Labute approximate surface area is 99.8 Å². The summed E-state index contributed by atoms with van der Waals surface area (Å²) >= 11 is 3.25. The Bertz CT molecular complexity index is 516. The van der Waals surface area contributed by atoms with E-state index < -0.39 is 5.97 Å². The van der Waals surface area contributed by atoms with Gasteiger partial charge in [-0.15, -0.1) is 0 Å². The van der Waals surface area contributed by atoms with E-state index in [9.17, 15) is 4.79 Å². The Kier molecular flexibility index (Phi) is 2.82. The van der Waals surface area contributed by atoms with E-state index in [4.69, 9.17) is 9.52 Å². The van der Waals surface area contributed by atoms with E-state index in [0.717, 1.165) is 0 Å². The molecule has 2 rings (SSSR count). The maximum atomic E-state index is 10.7. The van der Waals surface area contributed by atoms with Crippen LogP contribution in [0.5, 0.6) is 0 Å². The van der Waals surface area contributed by atoms with Crippen LogP contribution in [-0.2, 0) is 18.3 Å². The van der Waals surface area contributed by atoms with Crippen molar-refractivity contribution in [3.8, 4) is 11.6 Å². The van der Waals surface area contributed by atoms with Gasteiger partial charge >= 0.3 is 5.97 Å². The predicted molar refractivity (Wildman–Crippen MR) is 59.9 cm³/mol. The molecular weight excluding hydrogens is 276 g/mol. The van der Waals surface area contributed by atoms with Gasteiger partial charge in [-0.05, 0) is 28.1 Å². The zero-order valence-electron chi connectivity index (χ0n) is 8.48. The zero-order chi connectivity index (χ0) is 11.7. The second-order valence-electron chi connectivity index (χ2n) is 3.28. The molecule has 1 N–H and O–H groups in total. The summed E-state index contributed by atoms with van der Waals surface area (Å²) in [7, 11) is 1.76. The number of carboxylic acid groups (broad SMARTS) is 1. The summed E-state index contributed by atoms with van der Waals surface area (Å²) in [6.45, 7) is 0. The fourth-order valence-electron chi connectivity index (χ4n) is 1.46. The molecule has 0 aromatic carbocycles. The zero-order valence-corrected chi connectivity index (χ0v) is 10.1. The molecule has 0 aliphatic heterocycles. The number of furan rings is 1. The summed E-state index contributed by atoms with van der Waals surface area (Å²) < 4.78 is 7.46. The van der Waals surface area contributed by atoms with Gasteiger partial charge in [0.05, 0.1) is 18.4 Å². The molecule has 2 aromatic rings. The Morgan fingerprint density at radius 3 is 3.00 bits per heavy atom. The highest BCUT2D eigenvalue weighted by Gasteiger charge is 2.17. The van der Waals surface area contributed by atoms with E-state index in [1.807, 2.05) is 0 Å². The maximum Gasteiger partial charge on any atom is 0.309 e. The van der Waals surface area contributed by atoms with Gasteiger partial charge < -0.3 is 14.1 Å². The third-order valence-corrected chi connectivity index (χ3v) is 2.86. The van der Waals surface area contributed by atoms with E-state index in [0.29, 0.717) is 21.9 Å². The molecule has 0 amide bonds. The highest BCUT2D eigenvalue weighted by Crippen LogP contribution is 2.25. The minimum atomic E-state index is -0.894. The van der Waals surface area contributed by atoms with E-state index in [1.165, 1.54) is 0 Å². The number of hydrogen-bond donors (Lipinski definition) is 1. The molecule has 0 fully saturated rings. The van der Waals surface area contributed by atoms with Gasteiger partial charge in [-0.2, -0.15) is 0 Å². The Morgan fingerprint density at radius 1 is 1.69 bits per heavy atom. The van der Waals surface area contributed by atoms with Crippen LogP contribution >= 0.6 is 15.9 Å². The molecule has 84 valence electrons. The van der Waals surface area contributed by atoms with Gasteiger partial charge in [0.25, 0.3) is 0 Å². The number of carboxylic acids is 1. The van der Waals surface area contributed by atoms with E-state index in [1.54, 1.807) is 30.0 Å². The van der Waals surface area contributed by atoms with Crippen LogP contribution in [0, 0.1) is 0 Å². The van der Waals surface area contributed by atoms with Crippen LogP contribution in [0.25, 0.3) is 11.6 Å². The van der Waals surface area contributed by atoms with E-state index >= 15 is 0 Å². The van der Waals surface area contributed by atoms with Crippen molar-refractivity contribution in [3.63, 3.8) is 0 Å². The van der Waals surface area contributed by atoms with E-state index in [-0.39, 0.29) is 6.42 Å². The van der Waals surface area contributed by atoms with Crippen molar-refractivity contribution in [2.24, 2.45) is 7.05 Å². The molecule has 0 aliphatic carbocycles. The minimum absolute atomic E-state index is 0.0786. The van der Waals surface area contributed by atoms with Crippen LogP contribution in [0.1, 0.15) is 5.69 Å². The topological polar surface area (TPSA) is 68.3 Å². The molecule has 16 heavy (non-hydrogen) atoms. The molecular formula is C10H9BrN2O3. The predicted octanol–water partition coefficient (Wildman–Crippen LogP) is 2.07. The fraction of sp³-hybridized carbons (Fsp3) is 0.200. The summed E-state index contributed by atoms with van der Waals surface area (Å²) in [6, 6.07) is 3.54. The molecule has 0 spiro atoms. The summed E-state index contributed by atoms with van der Waals surface area (Å²) in [5.74, 6) is 0.322. The monoisotopic (exact) mass is 284 g/mol. The van der Waals surface area contributed by atoms with Crippen molar-refractivity contribution in [2.75, 3.05) is 0 Å². The third kappa shape index (κ3) is 1.88. The molecule has 0 unspecified atom stereocenters. The molecule has 0 bridgehead atoms. The second-order valence-corrected chi connectivity index (χ2v) is 4.03. The number of rotatable bonds is 3. The van der Waals surface area contributed by atoms with Crippen LogP contribution in [0.4, 0.5) is 0 Å². The second kappa shape index (κ2) is 4.13. The van der Waals surface area contributed by atoms with Crippen LogP contribution in [0.15, 0.2) is 27.4 Å². The smallest absolute Gasteiger partial charge is 0.309 e. The summed E-state index contributed by atoms with van der Waals surface area (Å²) in [5.41, 5.74) is 0.610. The van der Waals surface area contributed by atoms with Crippen LogP contribution in [0.3, 0.4) is 0 Å². The molecule has 5 nitrogen and oxygen atoms in total. The summed E-state index contributed by atoms with van der Waals surface area (Å²) in [4.78, 5) is 14.9. The molecule has 6 heteroatoms. The standard InChI is InChI=1S/C10H9BrN2O3/c1-13-6(5-8(14)15)9(11)12-10(13)7-3-2-4-16-7/h2-4H,5H2,1H3,(H,14,15). The molecule has 2 heterocycles. The normalized spacial score (nSPS) is 10.6. The number of aliphatic carboxylic acids is 1. The first-order chi connectivity index (χ1) is 7.59. The average Bonchev–Trinajstić information content (AvgIpc) is 2.80. The fourth-order valence-corrected chi connectivity index (χ4v) is 2.03. The Balaban J connectivity index is 2.46. The van der Waals surface area contributed by atoms with Gasteiger partial charge in [-0.25, -0.2) is 4.98 Å². The Morgan fingerprint density at radius 2 is 2.44 bits per heavy atom. The average molecular weight is 285 g/mol. The molecule has 0 saturated carbocycles. The molecule has 2 aromatic heterocycles. The van der Waals surface area contributed by atoms with Gasteiger partial charge in [-0.1, -0.05) is 0 Å². The largest absolute Gasteiger partial charge is 0.481 e. The van der Waals surface area contributed by atoms with Gasteiger partial charge in [0.2, 0.25) is 0 Å². The lowest BCUT2D eigenvalue weighted by Gasteiger charge is -2.01. The van der Waals surface area contributed by atoms with Crippen molar-refractivity contribution in [2.45, 2.75) is 6.42 Å². The highest BCUT2D eigenvalue weighted by atomic mass is 79.9. The van der Waals surface area contributed by atoms with Crippen molar-refractivity contribution < 1.29 is 14.3 Å². The first-order valence-electron chi connectivity index (χ1n) is 4.56. The SMILES string of the molecule is Cn1c(-c2ccco2)nc(Br)c1CC(=O)O. The number of nitrogens with zero attached hydrogens (tertiary/aromatic N) is 2. The van der Waals surface area contributed by atoms with Gasteiger partial charge in [-0.3, -0.25) is 4.79 Å². The third-order valence-electron chi connectivity index (χ3n) is 2.23. The van der Waals surface area contributed by atoms with Crippen LogP contribution in [-0.4, -0.2) is 20.6 Å². The van der Waals surface area contributed by atoms with Crippen molar-refractivity contribution in [1.29, 1.82) is 0 Å². The number of halogens is 1. The highest BCUT2D eigenvalue weighted by molar-refractivity contribution is 9.10.